The monoisotopic (exact) mass is 371 g/mol. The highest BCUT2D eigenvalue weighted by Gasteiger charge is 2.11. The Labute approximate surface area is 156 Å². The summed E-state index contributed by atoms with van der Waals surface area (Å²) in [5.74, 6) is 0.881. The Bertz CT molecular complexity index is 820. The lowest BCUT2D eigenvalue weighted by molar-refractivity contribution is -0.120. The van der Waals surface area contributed by atoms with Crippen LogP contribution in [0.2, 0.25) is 0 Å². The molecule has 3 aromatic rings. The average Bonchev–Trinajstić information content (AvgIpc) is 3.19. The third kappa shape index (κ3) is 4.74. The van der Waals surface area contributed by atoms with Gasteiger partial charge in [0.2, 0.25) is 5.91 Å². The number of aromatic nitrogens is 2. The number of aryl methyl sites for hydroxylation is 2. The molecule has 3 rings (SSSR count). The van der Waals surface area contributed by atoms with Crippen LogP contribution in [-0.4, -0.2) is 27.8 Å². The summed E-state index contributed by atoms with van der Waals surface area (Å²) in [6.07, 6.45) is 0.325. The second-order valence-electron chi connectivity index (χ2n) is 5.76. The molecule has 0 aliphatic rings. The molecule has 0 spiro atoms. The van der Waals surface area contributed by atoms with Crippen molar-refractivity contribution in [1.29, 1.82) is 0 Å². The van der Waals surface area contributed by atoms with E-state index >= 15 is 0 Å². The fourth-order valence-corrected chi connectivity index (χ4v) is 4.28. The maximum atomic E-state index is 12.1. The molecular weight excluding hydrogens is 350 g/mol. The van der Waals surface area contributed by atoms with E-state index in [1.54, 1.807) is 23.1 Å². The van der Waals surface area contributed by atoms with Gasteiger partial charge in [0.15, 0.2) is 5.13 Å². The SMILES string of the molecule is Cc1ccc(C)n1-c1nc(CC(=O)NCCSc2ccccc2)cs1. The number of hydrogen-bond donors (Lipinski definition) is 1. The molecule has 0 aliphatic carbocycles. The highest BCUT2D eigenvalue weighted by Crippen LogP contribution is 2.20. The third-order valence-corrected chi connectivity index (χ3v) is 5.67. The molecule has 2 heterocycles. The molecule has 4 nitrogen and oxygen atoms in total. The highest BCUT2D eigenvalue weighted by atomic mass is 32.2. The molecular formula is C19H21N3OS2. The maximum absolute atomic E-state index is 12.1. The van der Waals surface area contributed by atoms with E-state index in [0.717, 1.165) is 28.0 Å². The van der Waals surface area contributed by atoms with Crippen LogP contribution in [0, 0.1) is 13.8 Å². The summed E-state index contributed by atoms with van der Waals surface area (Å²) < 4.78 is 2.11. The Hall–Kier alpha value is -2.05. The van der Waals surface area contributed by atoms with Crippen molar-refractivity contribution in [3.63, 3.8) is 0 Å². The van der Waals surface area contributed by atoms with Crippen LogP contribution < -0.4 is 5.32 Å². The van der Waals surface area contributed by atoms with Crippen LogP contribution in [0.1, 0.15) is 17.1 Å². The molecule has 0 fully saturated rings. The number of amides is 1. The van der Waals surface area contributed by atoms with Gasteiger partial charge in [-0.25, -0.2) is 4.98 Å². The molecule has 0 unspecified atom stereocenters. The van der Waals surface area contributed by atoms with Crippen LogP contribution in [0.15, 0.2) is 52.7 Å². The molecule has 0 atom stereocenters. The molecule has 1 aromatic carbocycles. The highest BCUT2D eigenvalue weighted by molar-refractivity contribution is 7.99. The molecule has 130 valence electrons. The molecule has 6 heteroatoms. The number of hydrogen-bond acceptors (Lipinski definition) is 4. The Morgan fingerprint density at radius 2 is 1.88 bits per heavy atom. The van der Waals surface area contributed by atoms with E-state index in [4.69, 9.17) is 0 Å². The quantitative estimate of drug-likeness (QED) is 0.504. The van der Waals surface area contributed by atoms with Gasteiger partial charge in [-0.15, -0.1) is 23.1 Å². The minimum absolute atomic E-state index is 0.0199. The summed E-state index contributed by atoms with van der Waals surface area (Å²) >= 11 is 3.31. The van der Waals surface area contributed by atoms with Gasteiger partial charge in [-0.05, 0) is 38.1 Å². The second kappa shape index (κ2) is 8.36. The van der Waals surface area contributed by atoms with Crippen molar-refractivity contribution in [2.24, 2.45) is 0 Å². The van der Waals surface area contributed by atoms with Crippen LogP contribution in [0.5, 0.6) is 0 Å². The lowest BCUT2D eigenvalue weighted by atomic mass is 10.3. The van der Waals surface area contributed by atoms with Gasteiger partial charge in [0, 0.05) is 34.0 Å². The number of thiazole rings is 1. The van der Waals surface area contributed by atoms with Crippen molar-refractivity contribution in [1.82, 2.24) is 14.9 Å². The Kier molecular flexibility index (Phi) is 5.94. The average molecular weight is 372 g/mol. The van der Waals surface area contributed by atoms with Crippen molar-refractivity contribution < 1.29 is 4.79 Å². The van der Waals surface area contributed by atoms with E-state index < -0.39 is 0 Å². The topological polar surface area (TPSA) is 46.9 Å². The summed E-state index contributed by atoms with van der Waals surface area (Å²) in [4.78, 5) is 17.9. The van der Waals surface area contributed by atoms with Crippen LogP contribution >= 0.6 is 23.1 Å². The zero-order valence-electron chi connectivity index (χ0n) is 14.4. The first kappa shape index (κ1) is 17.8. The Morgan fingerprint density at radius 1 is 1.16 bits per heavy atom. The first-order valence-electron chi connectivity index (χ1n) is 8.18. The van der Waals surface area contributed by atoms with Crippen LogP contribution in [-0.2, 0) is 11.2 Å². The number of thioether (sulfide) groups is 1. The van der Waals surface area contributed by atoms with Crippen molar-refractivity contribution in [3.8, 4) is 5.13 Å². The van der Waals surface area contributed by atoms with Crippen molar-refractivity contribution in [3.05, 3.63) is 64.9 Å². The molecule has 2 aromatic heterocycles. The summed E-state index contributed by atoms with van der Waals surface area (Å²) in [5.41, 5.74) is 3.13. The number of nitrogens with one attached hydrogen (secondary N) is 1. The fraction of sp³-hybridized carbons (Fsp3) is 0.263. The predicted molar refractivity (Wildman–Crippen MR) is 105 cm³/mol. The fourth-order valence-electron chi connectivity index (χ4n) is 2.55. The van der Waals surface area contributed by atoms with E-state index in [1.165, 1.54) is 4.90 Å². The van der Waals surface area contributed by atoms with Gasteiger partial charge in [0.1, 0.15) is 0 Å². The number of nitrogens with zero attached hydrogens (tertiary/aromatic N) is 2. The van der Waals surface area contributed by atoms with Gasteiger partial charge in [-0.2, -0.15) is 0 Å². The molecule has 0 aliphatic heterocycles. The second-order valence-corrected chi connectivity index (χ2v) is 7.77. The lowest BCUT2D eigenvalue weighted by Crippen LogP contribution is -2.27. The Morgan fingerprint density at radius 3 is 2.60 bits per heavy atom. The summed E-state index contributed by atoms with van der Waals surface area (Å²) in [6, 6.07) is 14.4. The molecule has 0 bridgehead atoms. The van der Waals surface area contributed by atoms with E-state index in [2.05, 4.69) is 53.0 Å². The predicted octanol–water partition coefficient (Wildman–Crippen LogP) is 4.00. The molecule has 1 N–H and O–H groups in total. The van der Waals surface area contributed by atoms with Gasteiger partial charge < -0.3 is 5.32 Å². The lowest BCUT2D eigenvalue weighted by Gasteiger charge is -2.05. The smallest absolute Gasteiger partial charge is 0.226 e. The normalized spacial score (nSPS) is 10.8. The number of rotatable bonds is 7. The largest absolute Gasteiger partial charge is 0.355 e. The van der Waals surface area contributed by atoms with E-state index in [1.807, 2.05) is 23.6 Å². The molecule has 0 saturated heterocycles. The standard InChI is InChI=1S/C19H21N3OS2/c1-14-8-9-15(2)22(14)19-21-16(13-25-19)12-18(23)20-10-11-24-17-6-4-3-5-7-17/h3-9,13H,10-12H2,1-2H3,(H,20,23). The first-order chi connectivity index (χ1) is 12.1. The van der Waals surface area contributed by atoms with Crippen molar-refractivity contribution in [2.75, 3.05) is 12.3 Å². The number of carbonyl (C=O) groups is 1. The van der Waals surface area contributed by atoms with Crippen molar-refractivity contribution in [2.45, 2.75) is 25.2 Å². The van der Waals surface area contributed by atoms with E-state index in [-0.39, 0.29) is 5.91 Å². The zero-order valence-corrected chi connectivity index (χ0v) is 16.0. The molecule has 0 saturated carbocycles. The van der Waals surface area contributed by atoms with E-state index in [9.17, 15) is 4.79 Å². The van der Waals surface area contributed by atoms with Gasteiger partial charge in [-0.3, -0.25) is 9.36 Å². The minimum atomic E-state index is 0.0199. The molecule has 1 amide bonds. The minimum Gasteiger partial charge on any atom is -0.355 e. The first-order valence-corrected chi connectivity index (χ1v) is 10.0. The van der Waals surface area contributed by atoms with E-state index in [0.29, 0.717) is 13.0 Å². The molecule has 25 heavy (non-hydrogen) atoms. The van der Waals surface area contributed by atoms with Crippen LogP contribution in [0.25, 0.3) is 5.13 Å². The van der Waals surface area contributed by atoms with Gasteiger partial charge >= 0.3 is 0 Å². The summed E-state index contributed by atoms with van der Waals surface area (Å²) in [6.45, 7) is 4.78. The Balaban J connectivity index is 1.47. The zero-order chi connectivity index (χ0) is 17.6. The van der Waals surface area contributed by atoms with Crippen LogP contribution in [0.3, 0.4) is 0 Å². The van der Waals surface area contributed by atoms with Gasteiger partial charge in [-0.1, -0.05) is 18.2 Å². The number of benzene rings is 1. The third-order valence-electron chi connectivity index (χ3n) is 3.78. The van der Waals surface area contributed by atoms with Crippen LogP contribution in [0.4, 0.5) is 0 Å². The number of carbonyl (C=O) groups excluding carboxylic acids is 1. The summed E-state index contributed by atoms with van der Waals surface area (Å²) in [5, 5.41) is 5.85. The van der Waals surface area contributed by atoms with Crippen molar-refractivity contribution >= 4 is 29.0 Å². The van der Waals surface area contributed by atoms with Gasteiger partial charge in [0.05, 0.1) is 12.1 Å². The molecule has 0 radical (unpaired) electrons. The van der Waals surface area contributed by atoms with Gasteiger partial charge in [0.25, 0.3) is 0 Å². The summed E-state index contributed by atoms with van der Waals surface area (Å²) in [7, 11) is 0. The maximum Gasteiger partial charge on any atom is 0.226 e.